The van der Waals surface area contributed by atoms with Crippen molar-refractivity contribution in [3.63, 3.8) is 0 Å². The largest absolute Gasteiger partial charge is 0.465 e. The number of ether oxygens (including phenoxy) is 1. The quantitative estimate of drug-likeness (QED) is 0.198. The Morgan fingerprint density at radius 3 is 1.23 bits per heavy atom. The molecule has 0 aliphatic carbocycles. The van der Waals surface area contributed by atoms with Crippen molar-refractivity contribution in [2.24, 2.45) is 0 Å². The van der Waals surface area contributed by atoms with E-state index in [-0.39, 0.29) is 5.97 Å². The molecule has 2 heterocycles. The van der Waals surface area contributed by atoms with E-state index in [2.05, 4.69) is 87.7 Å². The van der Waals surface area contributed by atoms with Gasteiger partial charge in [-0.2, -0.15) is 0 Å². The molecular formula is C34H27N3O2. The van der Waals surface area contributed by atoms with E-state index in [0.29, 0.717) is 5.56 Å². The molecule has 190 valence electrons. The molecular weight excluding hydrogens is 482 g/mol. The standard InChI is InChI=1S/C34H27N3O2/c1-39-34(38)30-10-16-33(17-11-30)37(31-12-6-26(7-13-31)2-4-28-18-22-35-23-19-28)32-14-8-27(9-15-32)3-5-29-20-24-36-25-21-29/h2-25H,1H3. The number of nitrogens with zero attached hydrogens (tertiary/aromatic N) is 3. The lowest BCUT2D eigenvalue weighted by atomic mass is 10.1. The minimum Gasteiger partial charge on any atom is -0.465 e. The Labute approximate surface area is 228 Å². The summed E-state index contributed by atoms with van der Waals surface area (Å²) in [6.45, 7) is 0. The molecule has 2 aromatic heterocycles. The first kappa shape index (κ1) is 25.4. The van der Waals surface area contributed by atoms with Crippen LogP contribution in [0.3, 0.4) is 0 Å². The summed E-state index contributed by atoms with van der Waals surface area (Å²) in [5, 5.41) is 0. The number of hydrogen-bond acceptors (Lipinski definition) is 5. The first-order chi connectivity index (χ1) is 19.2. The van der Waals surface area contributed by atoms with Crippen molar-refractivity contribution in [2.45, 2.75) is 0 Å². The second-order valence-electron chi connectivity index (χ2n) is 8.78. The highest BCUT2D eigenvalue weighted by atomic mass is 16.5. The van der Waals surface area contributed by atoms with Crippen LogP contribution in [-0.4, -0.2) is 23.0 Å². The summed E-state index contributed by atoms with van der Waals surface area (Å²) in [6, 6.07) is 32.1. The Morgan fingerprint density at radius 1 is 0.538 bits per heavy atom. The molecule has 0 N–H and O–H groups in total. The zero-order valence-electron chi connectivity index (χ0n) is 21.5. The van der Waals surface area contributed by atoms with Gasteiger partial charge in [-0.15, -0.1) is 0 Å². The van der Waals surface area contributed by atoms with Crippen LogP contribution < -0.4 is 4.90 Å². The van der Waals surface area contributed by atoms with Gasteiger partial charge in [0.2, 0.25) is 0 Å². The second-order valence-corrected chi connectivity index (χ2v) is 8.78. The van der Waals surface area contributed by atoms with E-state index in [1.807, 2.05) is 36.4 Å². The van der Waals surface area contributed by atoms with Crippen LogP contribution in [0.25, 0.3) is 24.3 Å². The Kier molecular flexibility index (Phi) is 8.00. The second kappa shape index (κ2) is 12.3. The van der Waals surface area contributed by atoms with Gasteiger partial charge in [0.05, 0.1) is 12.7 Å². The van der Waals surface area contributed by atoms with Crippen LogP contribution >= 0.6 is 0 Å². The van der Waals surface area contributed by atoms with E-state index in [1.54, 1.807) is 36.9 Å². The van der Waals surface area contributed by atoms with Crippen molar-refractivity contribution in [2.75, 3.05) is 12.0 Å². The van der Waals surface area contributed by atoms with E-state index >= 15 is 0 Å². The molecule has 0 fully saturated rings. The maximum absolute atomic E-state index is 12.0. The number of carbonyl (C=O) groups excluding carboxylic acids is 1. The Morgan fingerprint density at radius 2 is 0.872 bits per heavy atom. The highest BCUT2D eigenvalue weighted by Crippen LogP contribution is 2.35. The molecule has 0 radical (unpaired) electrons. The van der Waals surface area contributed by atoms with E-state index in [4.69, 9.17) is 4.74 Å². The molecule has 0 spiro atoms. The van der Waals surface area contributed by atoms with Gasteiger partial charge >= 0.3 is 5.97 Å². The number of rotatable bonds is 8. The molecule has 3 aromatic carbocycles. The molecule has 0 atom stereocenters. The summed E-state index contributed by atoms with van der Waals surface area (Å²) in [7, 11) is 1.39. The van der Waals surface area contributed by atoms with Gasteiger partial charge in [-0.05, 0) is 95.1 Å². The Hall–Kier alpha value is -5.29. The molecule has 5 heteroatoms. The lowest BCUT2D eigenvalue weighted by molar-refractivity contribution is 0.0601. The molecule has 5 rings (SSSR count). The number of carbonyl (C=O) groups is 1. The maximum Gasteiger partial charge on any atom is 0.337 e. The summed E-state index contributed by atoms with van der Waals surface area (Å²) in [5.74, 6) is -0.358. The van der Waals surface area contributed by atoms with Crippen LogP contribution in [0.15, 0.2) is 122 Å². The van der Waals surface area contributed by atoms with Crippen LogP contribution in [-0.2, 0) is 4.74 Å². The van der Waals surface area contributed by atoms with Crippen molar-refractivity contribution in [3.8, 4) is 0 Å². The number of methoxy groups -OCH3 is 1. The molecule has 0 bridgehead atoms. The molecule has 0 saturated carbocycles. The maximum atomic E-state index is 12.0. The van der Waals surface area contributed by atoms with Gasteiger partial charge in [0.25, 0.3) is 0 Å². The van der Waals surface area contributed by atoms with Gasteiger partial charge in [0, 0.05) is 41.8 Å². The fraction of sp³-hybridized carbons (Fsp3) is 0.0294. The molecule has 0 aliphatic rings. The van der Waals surface area contributed by atoms with E-state index in [0.717, 1.165) is 39.3 Å². The van der Waals surface area contributed by atoms with Crippen molar-refractivity contribution in [1.29, 1.82) is 0 Å². The average Bonchev–Trinajstić information content (AvgIpc) is 3.01. The number of esters is 1. The molecule has 39 heavy (non-hydrogen) atoms. The molecule has 5 nitrogen and oxygen atoms in total. The molecule has 0 aliphatic heterocycles. The third kappa shape index (κ3) is 6.53. The number of hydrogen-bond donors (Lipinski definition) is 0. The van der Waals surface area contributed by atoms with Crippen molar-refractivity contribution >= 4 is 47.3 Å². The third-order valence-corrected chi connectivity index (χ3v) is 6.20. The third-order valence-electron chi connectivity index (χ3n) is 6.20. The van der Waals surface area contributed by atoms with E-state index in [1.165, 1.54) is 7.11 Å². The van der Waals surface area contributed by atoms with E-state index in [9.17, 15) is 4.79 Å². The van der Waals surface area contributed by atoms with Gasteiger partial charge in [-0.1, -0.05) is 48.6 Å². The van der Waals surface area contributed by atoms with Gasteiger partial charge in [-0.25, -0.2) is 4.79 Å². The lowest BCUT2D eigenvalue weighted by Crippen LogP contribution is -2.10. The zero-order chi connectivity index (χ0) is 26.9. The summed E-state index contributed by atoms with van der Waals surface area (Å²) in [6.07, 6.45) is 15.4. The van der Waals surface area contributed by atoms with Crippen LogP contribution in [0, 0.1) is 0 Å². The molecule has 0 unspecified atom stereocenters. The van der Waals surface area contributed by atoms with Gasteiger partial charge in [0.15, 0.2) is 0 Å². The first-order valence-corrected chi connectivity index (χ1v) is 12.5. The molecule has 5 aromatic rings. The smallest absolute Gasteiger partial charge is 0.337 e. The molecule has 0 saturated heterocycles. The topological polar surface area (TPSA) is 55.3 Å². The van der Waals surface area contributed by atoms with Crippen molar-refractivity contribution < 1.29 is 9.53 Å². The van der Waals surface area contributed by atoms with Crippen LogP contribution in [0.5, 0.6) is 0 Å². The lowest BCUT2D eigenvalue weighted by Gasteiger charge is -2.26. The minimum absolute atomic E-state index is 0.358. The fourth-order valence-corrected chi connectivity index (χ4v) is 4.11. The number of aromatic nitrogens is 2. The summed E-state index contributed by atoms with van der Waals surface area (Å²) >= 11 is 0. The first-order valence-electron chi connectivity index (χ1n) is 12.5. The SMILES string of the molecule is COC(=O)c1ccc(N(c2ccc(C=Cc3ccncc3)cc2)c2ccc(C=Cc3ccncc3)cc2)cc1. The summed E-state index contributed by atoms with van der Waals surface area (Å²) in [5.41, 5.74) is 7.82. The Balaban J connectivity index is 1.44. The number of benzene rings is 3. The summed E-state index contributed by atoms with van der Waals surface area (Å²) < 4.78 is 4.87. The van der Waals surface area contributed by atoms with Gasteiger partial charge < -0.3 is 9.64 Å². The van der Waals surface area contributed by atoms with Crippen molar-refractivity contribution in [1.82, 2.24) is 9.97 Å². The molecule has 0 amide bonds. The predicted molar refractivity (Wildman–Crippen MR) is 159 cm³/mol. The van der Waals surface area contributed by atoms with Gasteiger partial charge in [0.1, 0.15) is 0 Å². The van der Waals surface area contributed by atoms with Crippen LogP contribution in [0.1, 0.15) is 32.6 Å². The zero-order valence-corrected chi connectivity index (χ0v) is 21.5. The minimum atomic E-state index is -0.358. The van der Waals surface area contributed by atoms with Gasteiger partial charge in [-0.3, -0.25) is 9.97 Å². The van der Waals surface area contributed by atoms with Crippen LogP contribution in [0.2, 0.25) is 0 Å². The summed E-state index contributed by atoms with van der Waals surface area (Å²) in [4.78, 5) is 22.3. The average molecular weight is 510 g/mol. The fourth-order valence-electron chi connectivity index (χ4n) is 4.11. The normalized spacial score (nSPS) is 11.1. The number of pyridine rings is 2. The Bertz CT molecular complexity index is 1470. The van der Waals surface area contributed by atoms with E-state index < -0.39 is 0 Å². The number of anilines is 3. The highest BCUT2D eigenvalue weighted by Gasteiger charge is 2.14. The monoisotopic (exact) mass is 509 g/mol. The predicted octanol–water partition coefficient (Wildman–Crippen LogP) is 8.07. The highest BCUT2D eigenvalue weighted by molar-refractivity contribution is 5.90. The van der Waals surface area contributed by atoms with Crippen molar-refractivity contribution in [3.05, 3.63) is 150 Å². The van der Waals surface area contributed by atoms with Crippen LogP contribution in [0.4, 0.5) is 17.1 Å².